The maximum absolute atomic E-state index is 6.13. The zero-order valence-electron chi connectivity index (χ0n) is 14.7. The normalized spacial score (nSPS) is 23.6. The molecule has 0 saturated heterocycles. The molecule has 0 aromatic heterocycles. The van der Waals surface area contributed by atoms with E-state index in [-0.39, 0.29) is 0 Å². The predicted octanol–water partition coefficient (Wildman–Crippen LogP) is 6.15. The highest BCUT2D eigenvalue weighted by Crippen LogP contribution is 2.39. The molecule has 1 atom stereocenters. The van der Waals surface area contributed by atoms with Gasteiger partial charge in [0.15, 0.2) is 0 Å². The van der Waals surface area contributed by atoms with Crippen LogP contribution < -0.4 is 0 Å². The summed E-state index contributed by atoms with van der Waals surface area (Å²) in [5.41, 5.74) is 6.77. The number of hydrogen-bond acceptors (Lipinski definition) is 1. The van der Waals surface area contributed by atoms with Crippen LogP contribution in [-0.2, 0) is 4.74 Å². The lowest BCUT2D eigenvalue weighted by Crippen LogP contribution is -2.14. The molecular weight excluding hydrogens is 304 g/mol. The molecule has 0 fully saturated rings. The Morgan fingerprint density at radius 3 is 2.68 bits per heavy atom. The first-order valence-corrected chi connectivity index (χ1v) is 9.22. The molecule has 0 saturated carbocycles. The Bertz CT molecular complexity index is 828. The number of allylic oxidation sites excluding steroid dienone is 12. The van der Waals surface area contributed by atoms with E-state index in [0.717, 1.165) is 25.9 Å². The van der Waals surface area contributed by atoms with Crippen molar-refractivity contribution in [2.45, 2.75) is 26.2 Å². The second-order valence-corrected chi connectivity index (χ2v) is 6.73. The van der Waals surface area contributed by atoms with E-state index in [1.54, 1.807) is 0 Å². The number of fused-ring (bicyclic) bond motifs is 1. The number of benzene rings is 1. The van der Waals surface area contributed by atoms with Crippen molar-refractivity contribution in [1.29, 1.82) is 0 Å². The summed E-state index contributed by atoms with van der Waals surface area (Å²) in [6.45, 7) is 2.81. The van der Waals surface area contributed by atoms with Crippen LogP contribution in [0.25, 0.3) is 5.57 Å². The van der Waals surface area contributed by atoms with Crippen LogP contribution in [-0.4, -0.2) is 6.61 Å². The summed E-state index contributed by atoms with van der Waals surface area (Å²) in [4.78, 5) is 0. The van der Waals surface area contributed by atoms with Crippen molar-refractivity contribution in [3.63, 3.8) is 0 Å². The minimum atomic E-state index is 0.459. The lowest BCUT2D eigenvalue weighted by molar-refractivity contribution is 0.185. The van der Waals surface area contributed by atoms with Gasteiger partial charge in [0.1, 0.15) is 5.76 Å². The van der Waals surface area contributed by atoms with Gasteiger partial charge in [-0.05, 0) is 54.0 Å². The van der Waals surface area contributed by atoms with E-state index < -0.39 is 0 Å². The van der Waals surface area contributed by atoms with Crippen molar-refractivity contribution in [3.8, 4) is 0 Å². The van der Waals surface area contributed by atoms with Crippen LogP contribution in [0.2, 0.25) is 0 Å². The molecule has 0 aliphatic heterocycles. The summed E-state index contributed by atoms with van der Waals surface area (Å²) in [7, 11) is 0. The Hall–Kier alpha value is -2.54. The Balaban J connectivity index is 1.57. The molecule has 1 aromatic rings. The van der Waals surface area contributed by atoms with E-state index in [1.165, 1.54) is 33.6 Å². The smallest absolute Gasteiger partial charge is 0.103 e. The second kappa shape index (κ2) is 7.14. The van der Waals surface area contributed by atoms with Crippen molar-refractivity contribution in [2.24, 2.45) is 5.92 Å². The molecule has 0 bridgehead atoms. The van der Waals surface area contributed by atoms with Crippen LogP contribution in [0.3, 0.4) is 0 Å². The fourth-order valence-electron chi connectivity index (χ4n) is 3.88. The summed E-state index contributed by atoms with van der Waals surface area (Å²) >= 11 is 0. The van der Waals surface area contributed by atoms with Gasteiger partial charge in [0.05, 0.1) is 6.61 Å². The molecule has 1 aromatic carbocycles. The van der Waals surface area contributed by atoms with E-state index in [2.05, 4.69) is 79.8 Å². The highest BCUT2D eigenvalue weighted by Gasteiger charge is 2.25. The molecule has 4 rings (SSSR count). The molecule has 0 heterocycles. The Morgan fingerprint density at radius 2 is 1.92 bits per heavy atom. The third-order valence-electron chi connectivity index (χ3n) is 5.13. The first-order valence-electron chi connectivity index (χ1n) is 9.22. The SMILES string of the molecule is CCOC(=C1C=CC(c2ccccc2)=CC1)C1CC=C2C=CC=C2C1. The molecule has 25 heavy (non-hydrogen) atoms. The van der Waals surface area contributed by atoms with Crippen LogP contribution in [0.4, 0.5) is 0 Å². The van der Waals surface area contributed by atoms with E-state index >= 15 is 0 Å². The van der Waals surface area contributed by atoms with Gasteiger partial charge < -0.3 is 4.74 Å². The molecule has 3 aliphatic rings. The maximum atomic E-state index is 6.13. The summed E-state index contributed by atoms with van der Waals surface area (Å²) in [6, 6.07) is 10.6. The molecule has 0 spiro atoms. The standard InChI is InChI=1S/C24H24O/c1-2-25-24(23-16-13-19-9-6-10-22(19)17-23)21-14-11-20(12-15-21)18-7-4-3-5-8-18/h3-14,23H,2,15-17H2,1H3. The fraction of sp³-hybridized carbons (Fsp3) is 0.250. The summed E-state index contributed by atoms with van der Waals surface area (Å²) in [5, 5.41) is 0. The van der Waals surface area contributed by atoms with Crippen LogP contribution in [0.1, 0.15) is 31.7 Å². The quantitative estimate of drug-likeness (QED) is 0.602. The van der Waals surface area contributed by atoms with Crippen molar-refractivity contribution >= 4 is 5.57 Å². The number of rotatable bonds is 4. The van der Waals surface area contributed by atoms with E-state index in [9.17, 15) is 0 Å². The third kappa shape index (κ3) is 3.32. The van der Waals surface area contributed by atoms with E-state index in [4.69, 9.17) is 4.74 Å². The van der Waals surface area contributed by atoms with Gasteiger partial charge >= 0.3 is 0 Å². The summed E-state index contributed by atoms with van der Waals surface area (Å²) < 4.78 is 6.13. The highest BCUT2D eigenvalue weighted by atomic mass is 16.5. The number of hydrogen-bond donors (Lipinski definition) is 0. The van der Waals surface area contributed by atoms with Crippen LogP contribution >= 0.6 is 0 Å². The average Bonchev–Trinajstić information content (AvgIpc) is 3.15. The Morgan fingerprint density at radius 1 is 1.04 bits per heavy atom. The highest BCUT2D eigenvalue weighted by molar-refractivity contribution is 5.76. The van der Waals surface area contributed by atoms with Gasteiger partial charge in [-0.1, -0.05) is 72.9 Å². The van der Waals surface area contributed by atoms with Crippen LogP contribution in [0.15, 0.2) is 95.3 Å². The average molecular weight is 328 g/mol. The van der Waals surface area contributed by atoms with Gasteiger partial charge in [-0.25, -0.2) is 0 Å². The molecule has 0 radical (unpaired) electrons. The van der Waals surface area contributed by atoms with Gasteiger partial charge in [0, 0.05) is 5.92 Å². The molecule has 1 heteroatoms. The summed E-state index contributed by atoms with van der Waals surface area (Å²) in [5.74, 6) is 1.64. The molecular formula is C24H24O. The van der Waals surface area contributed by atoms with Crippen molar-refractivity contribution in [1.82, 2.24) is 0 Å². The molecule has 1 nitrogen and oxygen atoms in total. The third-order valence-corrected chi connectivity index (χ3v) is 5.13. The largest absolute Gasteiger partial charge is 0.498 e. The lowest BCUT2D eigenvalue weighted by Gasteiger charge is -2.27. The van der Waals surface area contributed by atoms with Gasteiger partial charge in [-0.3, -0.25) is 0 Å². The van der Waals surface area contributed by atoms with E-state index in [1.807, 2.05) is 0 Å². The fourth-order valence-corrected chi connectivity index (χ4v) is 3.88. The van der Waals surface area contributed by atoms with E-state index in [0.29, 0.717) is 5.92 Å². The zero-order valence-corrected chi connectivity index (χ0v) is 14.7. The van der Waals surface area contributed by atoms with Crippen molar-refractivity contribution in [3.05, 3.63) is 101 Å². The van der Waals surface area contributed by atoms with Crippen LogP contribution in [0, 0.1) is 5.92 Å². The maximum Gasteiger partial charge on any atom is 0.103 e. The molecule has 0 N–H and O–H groups in total. The van der Waals surface area contributed by atoms with Gasteiger partial charge in [-0.2, -0.15) is 0 Å². The van der Waals surface area contributed by atoms with Crippen molar-refractivity contribution in [2.75, 3.05) is 6.61 Å². The minimum Gasteiger partial charge on any atom is -0.498 e. The Kier molecular flexibility index (Phi) is 4.56. The predicted molar refractivity (Wildman–Crippen MR) is 105 cm³/mol. The molecule has 1 unspecified atom stereocenters. The van der Waals surface area contributed by atoms with Crippen molar-refractivity contribution < 1.29 is 4.74 Å². The summed E-state index contributed by atoms with van der Waals surface area (Å²) in [6.07, 6.45) is 18.9. The topological polar surface area (TPSA) is 9.23 Å². The molecule has 126 valence electrons. The van der Waals surface area contributed by atoms with Gasteiger partial charge in [0.25, 0.3) is 0 Å². The first-order chi connectivity index (χ1) is 12.3. The number of ether oxygens (including phenoxy) is 1. The van der Waals surface area contributed by atoms with Crippen LogP contribution in [0.5, 0.6) is 0 Å². The molecule has 0 amide bonds. The minimum absolute atomic E-state index is 0.459. The monoisotopic (exact) mass is 328 g/mol. The zero-order chi connectivity index (χ0) is 17.1. The Labute approximate surface area is 150 Å². The second-order valence-electron chi connectivity index (χ2n) is 6.73. The first kappa shape index (κ1) is 16.0. The lowest BCUT2D eigenvalue weighted by atomic mass is 9.83. The molecule has 3 aliphatic carbocycles. The van der Waals surface area contributed by atoms with Gasteiger partial charge in [0.2, 0.25) is 0 Å². The van der Waals surface area contributed by atoms with Gasteiger partial charge in [-0.15, -0.1) is 0 Å².